The van der Waals surface area contributed by atoms with Gasteiger partial charge >= 0.3 is 7.12 Å². The maximum atomic E-state index is 14.0. The first-order valence-electron chi connectivity index (χ1n) is 15.8. The number of nitrogens with one attached hydrogen (secondary N) is 3. The zero-order valence-electron chi connectivity index (χ0n) is 25.6. The number of carbonyl (C=O) groups is 2. The van der Waals surface area contributed by atoms with Gasteiger partial charge in [0.05, 0.1) is 41.4 Å². The molecule has 2 aliphatic heterocycles. The third-order valence-electron chi connectivity index (χ3n) is 10.5. The van der Waals surface area contributed by atoms with Crippen molar-refractivity contribution in [1.29, 1.82) is 0 Å². The zero-order valence-corrected chi connectivity index (χ0v) is 27.1. The Hall–Kier alpha value is -2.14. The first-order chi connectivity index (χ1) is 21.0. The standard InChI is InChI=1S/C33H42BCl2N3O5/c1-32(2)21-15-27(32)33(3)28(16-21)43-34(44-33)29(14-20-8-5-4-6-9-20)39-31(41)26(19-42-18-23-10-7-13-37-23)38-30(40)24-17-22(35)11-12-25(24)36/h4-6,8-9,11-12,17,21,23,26-29,37H,7,10,13-16,18-19H2,1-3H3,(H,38,40)(H,39,41)/t21-,23-,26+,27+,28-,29+,33+/m1/s1. The van der Waals surface area contributed by atoms with Crippen LogP contribution < -0.4 is 16.0 Å². The lowest BCUT2D eigenvalue weighted by molar-refractivity contribution is -0.199. The molecule has 5 fully saturated rings. The third kappa shape index (κ3) is 6.42. The van der Waals surface area contributed by atoms with E-state index in [4.69, 9.17) is 37.2 Å². The van der Waals surface area contributed by atoms with E-state index in [9.17, 15) is 9.59 Å². The molecule has 0 spiro atoms. The van der Waals surface area contributed by atoms with Crippen LogP contribution in [0.1, 0.15) is 62.4 Å². The average molecular weight is 642 g/mol. The van der Waals surface area contributed by atoms with Crippen molar-refractivity contribution in [2.24, 2.45) is 17.3 Å². The molecule has 2 aromatic carbocycles. The van der Waals surface area contributed by atoms with Crippen molar-refractivity contribution in [2.75, 3.05) is 19.8 Å². The van der Waals surface area contributed by atoms with Gasteiger partial charge in [-0.1, -0.05) is 67.4 Å². The number of benzene rings is 2. The van der Waals surface area contributed by atoms with Crippen molar-refractivity contribution in [3.05, 3.63) is 69.7 Å². The monoisotopic (exact) mass is 641 g/mol. The van der Waals surface area contributed by atoms with E-state index in [-0.39, 0.29) is 40.7 Å². The number of hydrogen-bond acceptors (Lipinski definition) is 6. The van der Waals surface area contributed by atoms with Crippen molar-refractivity contribution in [3.8, 4) is 0 Å². The number of ether oxygens (including phenoxy) is 1. The van der Waals surface area contributed by atoms with E-state index in [0.717, 1.165) is 37.8 Å². The van der Waals surface area contributed by atoms with Crippen molar-refractivity contribution in [2.45, 2.75) is 82.6 Å². The van der Waals surface area contributed by atoms with E-state index in [0.29, 0.717) is 29.9 Å². The van der Waals surface area contributed by atoms with Crippen LogP contribution in [0.15, 0.2) is 48.5 Å². The molecule has 2 heterocycles. The summed E-state index contributed by atoms with van der Waals surface area (Å²) in [5.74, 6) is -0.371. The Labute approximate surface area is 270 Å². The molecule has 2 saturated heterocycles. The molecule has 7 rings (SSSR count). The highest BCUT2D eigenvalue weighted by Crippen LogP contribution is 2.65. The van der Waals surface area contributed by atoms with Gasteiger partial charge in [-0.3, -0.25) is 9.59 Å². The Morgan fingerprint density at radius 2 is 1.91 bits per heavy atom. The van der Waals surface area contributed by atoms with Gasteiger partial charge in [-0.05, 0) is 86.6 Å². The van der Waals surface area contributed by atoms with Gasteiger partial charge in [-0.25, -0.2) is 0 Å². The largest absolute Gasteiger partial charge is 0.482 e. The fourth-order valence-corrected chi connectivity index (χ4v) is 8.13. The van der Waals surface area contributed by atoms with Gasteiger partial charge in [0.25, 0.3) is 5.91 Å². The second kappa shape index (κ2) is 12.9. The maximum Gasteiger partial charge on any atom is 0.482 e. The summed E-state index contributed by atoms with van der Waals surface area (Å²) in [5.41, 5.74) is 1.02. The molecule has 8 nitrogen and oxygen atoms in total. The van der Waals surface area contributed by atoms with E-state index in [2.05, 4.69) is 36.7 Å². The second-order valence-corrected chi connectivity index (χ2v) is 14.5. The van der Waals surface area contributed by atoms with E-state index < -0.39 is 30.6 Å². The van der Waals surface area contributed by atoms with Gasteiger partial charge in [-0.15, -0.1) is 0 Å². The second-order valence-electron chi connectivity index (χ2n) is 13.6. The summed E-state index contributed by atoms with van der Waals surface area (Å²) in [5, 5.41) is 10.1. The lowest BCUT2D eigenvalue weighted by atomic mass is 9.43. The van der Waals surface area contributed by atoms with Crippen LogP contribution in [0.2, 0.25) is 10.0 Å². The van der Waals surface area contributed by atoms with Crippen molar-refractivity contribution < 1.29 is 23.6 Å². The molecule has 3 aliphatic carbocycles. The molecule has 3 N–H and O–H groups in total. The number of hydrogen-bond donors (Lipinski definition) is 3. The summed E-state index contributed by atoms with van der Waals surface area (Å²) >= 11 is 12.5. The summed E-state index contributed by atoms with van der Waals surface area (Å²) in [6, 6.07) is 13.9. The lowest BCUT2D eigenvalue weighted by Gasteiger charge is -2.64. The summed E-state index contributed by atoms with van der Waals surface area (Å²) < 4.78 is 19.4. The smallest absolute Gasteiger partial charge is 0.404 e. The number of rotatable bonds is 11. The minimum atomic E-state index is -0.983. The van der Waals surface area contributed by atoms with Gasteiger partial charge in [-0.2, -0.15) is 0 Å². The van der Waals surface area contributed by atoms with E-state index in [1.165, 1.54) is 6.07 Å². The minimum absolute atomic E-state index is 0.00331. The highest BCUT2D eigenvalue weighted by Gasteiger charge is 2.68. The van der Waals surface area contributed by atoms with Crippen LogP contribution in [-0.2, 0) is 25.3 Å². The average Bonchev–Trinajstić information content (AvgIpc) is 3.65. The molecule has 2 bridgehead atoms. The SMILES string of the molecule is CC1(C)[C@H]2C[C@H]3OB([C@H](Cc4ccccc4)NC(=O)[C@H](COC[C@H]4CCCN4)NC(=O)c4cc(Cl)ccc4Cl)O[C@@]3(C)[C@H]1C2. The highest BCUT2D eigenvalue weighted by molar-refractivity contribution is 6.48. The Morgan fingerprint density at radius 1 is 1.11 bits per heavy atom. The van der Waals surface area contributed by atoms with Crippen LogP contribution in [0.4, 0.5) is 0 Å². The molecule has 7 atom stereocenters. The fourth-order valence-electron chi connectivity index (χ4n) is 7.76. The van der Waals surface area contributed by atoms with Gasteiger partial charge < -0.3 is 30.0 Å². The molecular weight excluding hydrogens is 600 g/mol. The quantitative estimate of drug-likeness (QED) is 0.304. The molecule has 0 aromatic heterocycles. The lowest BCUT2D eigenvalue weighted by Crippen LogP contribution is -2.65. The predicted molar refractivity (Wildman–Crippen MR) is 172 cm³/mol. The van der Waals surface area contributed by atoms with Gasteiger partial charge in [0.2, 0.25) is 5.91 Å². The van der Waals surface area contributed by atoms with E-state index in [1.807, 2.05) is 30.3 Å². The molecule has 3 saturated carbocycles. The Morgan fingerprint density at radius 3 is 2.64 bits per heavy atom. The van der Waals surface area contributed by atoms with Gasteiger partial charge in [0.1, 0.15) is 6.04 Å². The molecular formula is C33H42BCl2N3O5. The molecule has 0 unspecified atom stereocenters. The Balaban J connectivity index is 1.21. The molecule has 236 valence electrons. The third-order valence-corrected chi connectivity index (χ3v) is 11.0. The van der Waals surface area contributed by atoms with Gasteiger partial charge in [0, 0.05) is 11.1 Å². The van der Waals surface area contributed by atoms with Crippen LogP contribution in [0.5, 0.6) is 0 Å². The van der Waals surface area contributed by atoms with E-state index >= 15 is 0 Å². The zero-order chi connectivity index (χ0) is 31.1. The minimum Gasteiger partial charge on any atom is -0.404 e. The van der Waals surface area contributed by atoms with Crippen LogP contribution >= 0.6 is 23.2 Å². The van der Waals surface area contributed by atoms with Crippen molar-refractivity contribution in [1.82, 2.24) is 16.0 Å². The molecule has 44 heavy (non-hydrogen) atoms. The number of halogens is 2. The predicted octanol–water partition coefficient (Wildman–Crippen LogP) is 4.86. The van der Waals surface area contributed by atoms with E-state index in [1.54, 1.807) is 12.1 Å². The summed E-state index contributed by atoms with van der Waals surface area (Å²) in [7, 11) is -0.633. The van der Waals surface area contributed by atoms with Crippen LogP contribution in [0, 0.1) is 17.3 Å². The first kappa shape index (κ1) is 31.8. The highest BCUT2D eigenvalue weighted by atomic mass is 35.5. The maximum absolute atomic E-state index is 14.0. The normalized spacial score (nSPS) is 29.8. The molecule has 5 aliphatic rings. The summed E-state index contributed by atoms with van der Waals surface area (Å²) in [4.78, 5) is 27.4. The number of carbonyl (C=O) groups excluding carboxylic acids is 2. The Kier molecular flexibility index (Phi) is 9.36. The Bertz CT molecular complexity index is 1360. The molecule has 0 radical (unpaired) electrons. The molecule has 2 aromatic rings. The molecule has 11 heteroatoms. The van der Waals surface area contributed by atoms with Gasteiger partial charge in [0.15, 0.2) is 0 Å². The molecule has 2 amide bonds. The topological polar surface area (TPSA) is 97.9 Å². The fraction of sp³-hybridized carbons (Fsp3) is 0.576. The first-order valence-corrected chi connectivity index (χ1v) is 16.5. The number of amides is 2. The van der Waals surface area contributed by atoms with Crippen LogP contribution in [0.3, 0.4) is 0 Å². The van der Waals surface area contributed by atoms with Crippen molar-refractivity contribution >= 4 is 42.1 Å². The van der Waals surface area contributed by atoms with Crippen LogP contribution in [-0.4, -0.2) is 68.4 Å². The van der Waals surface area contributed by atoms with Crippen molar-refractivity contribution in [3.63, 3.8) is 0 Å². The summed E-state index contributed by atoms with van der Waals surface area (Å²) in [6.07, 6.45) is 4.66. The summed E-state index contributed by atoms with van der Waals surface area (Å²) in [6.45, 7) is 8.21. The van der Waals surface area contributed by atoms with Crippen LogP contribution in [0.25, 0.3) is 0 Å².